The Hall–Kier alpha value is -3.56. The number of carbonyl (C=O) groups excluding carboxylic acids is 1. The van der Waals surface area contributed by atoms with Gasteiger partial charge >= 0.3 is 6.18 Å². The molecular weight excluding hydrogens is 409 g/mol. The van der Waals surface area contributed by atoms with Gasteiger partial charge in [-0.2, -0.15) is 23.0 Å². The van der Waals surface area contributed by atoms with Crippen LogP contribution in [0.4, 0.5) is 13.2 Å². The Labute approximate surface area is 176 Å². The van der Waals surface area contributed by atoms with Crippen LogP contribution in [0.25, 0.3) is 11.5 Å². The van der Waals surface area contributed by atoms with E-state index in [1.54, 1.807) is 13.0 Å². The molecule has 2 aromatic heterocycles. The molecule has 160 valence electrons. The number of nitrogens with one attached hydrogen (secondary N) is 1. The van der Waals surface area contributed by atoms with Crippen molar-refractivity contribution in [1.82, 2.24) is 30.0 Å². The molecule has 1 aromatic carbocycles. The predicted octanol–water partition coefficient (Wildman–Crippen LogP) is 3.99. The van der Waals surface area contributed by atoms with E-state index >= 15 is 0 Å². The van der Waals surface area contributed by atoms with E-state index in [-0.39, 0.29) is 17.4 Å². The molecule has 1 amide bonds. The highest BCUT2D eigenvalue weighted by atomic mass is 19.4. The normalized spacial score (nSPS) is 14.8. The van der Waals surface area contributed by atoms with Gasteiger partial charge in [0.1, 0.15) is 6.33 Å². The van der Waals surface area contributed by atoms with E-state index in [9.17, 15) is 18.0 Å². The van der Waals surface area contributed by atoms with Crippen molar-refractivity contribution in [3.8, 4) is 5.95 Å². The topological polar surface area (TPSA) is 85.6 Å². The Bertz CT molecular complexity index is 1120. The number of hydrogen-bond acceptors (Lipinski definition) is 5. The quantitative estimate of drug-likeness (QED) is 0.642. The fourth-order valence-corrected chi connectivity index (χ4v) is 3.22. The van der Waals surface area contributed by atoms with Gasteiger partial charge in [-0.3, -0.25) is 4.79 Å². The maximum Gasteiger partial charge on any atom is 0.416 e. The Kier molecular flexibility index (Phi) is 5.30. The fraction of sp³-hybridized carbons (Fsp3) is 0.286. The number of carbonyl (C=O) groups is 1. The number of aromatic nitrogens is 5. The zero-order chi connectivity index (χ0) is 22.2. The Balaban J connectivity index is 1.61. The minimum atomic E-state index is -4.58. The molecule has 7 nitrogen and oxygen atoms in total. The fourth-order valence-electron chi connectivity index (χ4n) is 3.22. The van der Waals surface area contributed by atoms with E-state index in [1.807, 2.05) is 0 Å². The number of benzene rings is 1. The molecule has 1 N–H and O–H groups in total. The maximum absolute atomic E-state index is 13.4. The molecule has 31 heavy (non-hydrogen) atoms. The molecule has 0 bridgehead atoms. The van der Waals surface area contributed by atoms with Crippen molar-refractivity contribution in [1.29, 1.82) is 0 Å². The highest BCUT2D eigenvalue weighted by Crippen LogP contribution is 2.42. The largest absolute Gasteiger partial charge is 0.416 e. The average Bonchev–Trinajstić information content (AvgIpc) is 3.48. The summed E-state index contributed by atoms with van der Waals surface area (Å²) in [5.41, 5.74) is -0.0314. The molecule has 1 atom stereocenters. The highest BCUT2D eigenvalue weighted by Gasteiger charge is 2.33. The third kappa shape index (κ3) is 4.47. The summed E-state index contributed by atoms with van der Waals surface area (Å²) in [6.07, 6.45) is 1.57. The van der Waals surface area contributed by atoms with Crippen molar-refractivity contribution in [2.45, 2.75) is 32.0 Å². The second-order valence-corrected chi connectivity index (χ2v) is 7.37. The number of nitrogens with zero attached hydrogens (tertiary/aromatic N) is 5. The van der Waals surface area contributed by atoms with Crippen molar-refractivity contribution in [2.24, 2.45) is 5.92 Å². The second kappa shape index (κ2) is 7.93. The number of allylic oxidation sites excluding steroid dienone is 1. The zero-order valence-corrected chi connectivity index (χ0v) is 16.6. The van der Waals surface area contributed by atoms with E-state index in [4.69, 9.17) is 0 Å². The molecule has 0 radical (unpaired) electrons. The van der Waals surface area contributed by atoms with Crippen LogP contribution in [0.2, 0.25) is 0 Å². The van der Waals surface area contributed by atoms with Gasteiger partial charge in [0.15, 0.2) is 5.82 Å². The van der Waals surface area contributed by atoms with Gasteiger partial charge in [-0.05, 0) is 61.1 Å². The Morgan fingerprint density at radius 3 is 2.48 bits per heavy atom. The van der Waals surface area contributed by atoms with Crippen LogP contribution in [0.5, 0.6) is 0 Å². The molecule has 1 fully saturated rings. The van der Waals surface area contributed by atoms with Gasteiger partial charge in [-0.25, -0.2) is 15.0 Å². The van der Waals surface area contributed by atoms with Crippen LogP contribution >= 0.6 is 0 Å². The van der Waals surface area contributed by atoms with Crippen LogP contribution in [0.1, 0.15) is 53.1 Å². The second-order valence-electron chi connectivity index (χ2n) is 7.37. The molecule has 3 aromatic rings. The van der Waals surface area contributed by atoms with Crippen LogP contribution in [0.15, 0.2) is 49.6 Å². The van der Waals surface area contributed by atoms with Crippen molar-refractivity contribution in [3.05, 3.63) is 72.1 Å². The van der Waals surface area contributed by atoms with Crippen LogP contribution in [-0.4, -0.2) is 30.6 Å². The first kappa shape index (κ1) is 20.7. The third-order valence-electron chi connectivity index (χ3n) is 5.01. The van der Waals surface area contributed by atoms with Gasteiger partial charge in [-0.1, -0.05) is 6.58 Å². The SMILES string of the molecule is C=C(c1cc(C(=O)NC(C)c2ncnn2-c2ncccn2)cc(C(F)(F)F)c1)C1CC1. The molecule has 1 aliphatic rings. The lowest BCUT2D eigenvalue weighted by Crippen LogP contribution is -2.29. The summed E-state index contributed by atoms with van der Waals surface area (Å²) in [6, 6.07) is 4.32. The lowest BCUT2D eigenvalue weighted by atomic mass is 9.97. The molecular formula is C21H19F3N6O. The van der Waals surface area contributed by atoms with Crippen molar-refractivity contribution in [2.75, 3.05) is 0 Å². The summed E-state index contributed by atoms with van der Waals surface area (Å²) in [6.45, 7) is 5.57. The number of rotatable bonds is 6. The molecule has 0 saturated heterocycles. The molecule has 10 heteroatoms. The first-order valence-electron chi connectivity index (χ1n) is 9.63. The lowest BCUT2D eigenvalue weighted by Gasteiger charge is -2.16. The molecule has 4 rings (SSSR count). The van der Waals surface area contributed by atoms with Crippen LogP contribution < -0.4 is 5.32 Å². The molecule has 0 aliphatic heterocycles. The van der Waals surface area contributed by atoms with Gasteiger partial charge in [-0.15, -0.1) is 0 Å². The smallest absolute Gasteiger partial charge is 0.342 e. The summed E-state index contributed by atoms with van der Waals surface area (Å²) >= 11 is 0. The minimum absolute atomic E-state index is 0.0968. The van der Waals surface area contributed by atoms with Gasteiger partial charge in [0.25, 0.3) is 11.9 Å². The summed E-state index contributed by atoms with van der Waals surface area (Å²) in [5, 5.41) is 6.75. The molecule has 1 unspecified atom stereocenters. The van der Waals surface area contributed by atoms with E-state index in [1.165, 1.54) is 29.5 Å². The van der Waals surface area contributed by atoms with Crippen LogP contribution in [0, 0.1) is 5.92 Å². The molecule has 1 aliphatic carbocycles. The first-order valence-corrected chi connectivity index (χ1v) is 9.63. The molecule has 2 heterocycles. The van der Waals surface area contributed by atoms with Crippen LogP contribution in [-0.2, 0) is 6.18 Å². The van der Waals surface area contributed by atoms with Gasteiger partial charge in [0.05, 0.1) is 11.6 Å². The Morgan fingerprint density at radius 2 is 1.84 bits per heavy atom. The third-order valence-corrected chi connectivity index (χ3v) is 5.01. The number of alkyl halides is 3. The standard InChI is InChI=1S/C21H19F3N6O/c1-12(14-4-5-14)15-8-16(10-17(9-15)21(22,23)24)19(31)29-13(2)18-27-11-28-30(18)20-25-6-3-7-26-20/h3,6-11,13-14H,1,4-5H2,2H3,(H,29,31). The van der Waals surface area contributed by atoms with E-state index in [2.05, 4.69) is 31.9 Å². The maximum atomic E-state index is 13.4. The summed E-state index contributed by atoms with van der Waals surface area (Å²) in [5.74, 6) is 0.113. The monoisotopic (exact) mass is 428 g/mol. The number of hydrogen-bond donors (Lipinski definition) is 1. The lowest BCUT2D eigenvalue weighted by molar-refractivity contribution is -0.137. The van der Waals surface area contributed by atoms with Crippen molar-refractivity contribution >= 4 is 11.5 Å². The van der Waals surface area contributed by atoms with Crippen LogP contribution in [0.3, 0.4) is 0 Å². The van der Waals surface area contributed by atoms with Gasteiger partial charge in [0.2, 0.25) is 0 Å². The highest BCUT2D eigenvalue weighted by molar-refractivity contribution is 5.95. The number of halogens is 3. The zero-order valence-electron chi connectivity index (χ0n) is 16.6. The molecule has 0 spiro atoms. The summed E-state index contributed by atoms with van der Waals surface area (Å²) in [4.78, 5) is 25.2. The Morgan fingerprint density at radius 1 is 1.16 bits per heavy atom. The van der Waals surface area contributed by atoms with E-state index < -0.39 is 23.7 Å². The summed E-state index contributed by atoms with van der Waals surface area (Å²) < 4.78 is 41.6. The van der Waals surface area contributed by atoms with E-state index in [0.29, 0.717) is 17.0 Å². The molecule has 1 saturated carbocycles. The van der Waals surface area contributed by atoms with Gasteiger partial charge < -0.3 is 5.32 Å². The van der Waals surface area contributed by atoms with Crippen molar-refractivity contribution < 1.29 is 18.0 Å². The summed E-state index contributed by atoms with van der Waals surface area (Å²) in [7, 11) is 0. The predicted molar refractivity (Wildman–Crippen MR) is 106 cm³/mol. The average molecular weight is 428 g/mol. The first-order chi connectivity index (χ1) is 14.7. The minimum Gasteiger partial charge on any atom is -0.342 e. The van der Waals surface area contributed by atoms with Gasteiger partial charge in [0, 0.05) is 18.0 Å². The van der Waals surface area contributed by atoms with Crippen molar-refractivity contribution in [3.63, 3.8) is 0 Å². The number of amides is 1. The van der Waals surface area contributed by atoms with E-state index in [0.717, 1.165) is 25.0 Å².